The molecule has 0 heterocycles. The van der Waals surface area contributed by atoms with E-state index in [0.717, 1.165) is 5.56 Å². The normalized spacial score (nSPS) is 9.94. The largest absolute Gasteiger partial charge is 0.478 e. The van der Waals surface area contributed by atoms with Crippen molar-refractivity contribution in [3.8, 4) is 11.5 Å². The third kappa shape index (κ3) is 2.64. The molecule has 0 bridgehead atoms. The van der Waals surface area contributed by atoms with Crippen molar-refractivity contribution < 1.29 is 14.6 Å². The summed E-state index contributed by atoms with van der Waals surface area (Å²) < 4.78 is 5.56. The lowest BCUT2D eigenvalue weighted by Gasteiger charge is -2.07. The lowest BCUT2D eigenvalue weighted by atomic mass is 10.1. The molecule has 0 aromatic heterocycles. The van der Waals surface area contributed by atoms with Crippen molar-refractivity contribution in [2.75, 3.05) is 0 Å². The van der Waals surface area contributed by atoms with Gasteiger partial charge in [0, 0.05) is 0 Å². The van der Waals surface area contributed by atoms with Crippen LogP contribution in [0.25, 0.3) is 0 Å². The number of carbonyl (C=O) groups is 1. The van der Waals surface area contributed by atoms with E-state index in [1.54, 1.807) is 19.1 Å². The number of hydrogen-bond acceptors (Lipinski definition) is 2. The van der Waals surface area contributed by atoms with E-state index in [2.05, 4.69) is 0 Å². The van der Waals surface area contributed by atoms with Crippen LogP contribution in [0, 0.1) is 6.92 Å². The molecule has 0 amide bonds. The predicted molar refractivity (Wildman–Crippen MR) is 64.7 cm³/mol. The summed E-state index contributed by atoms with van der Waals surface area (Å²) in [6.45, 7) is 1.76. The molecule has 1 N–H and O–H groups in total. The summed E-state index contributed by atoms with van der Waals surface area (Å²) in [6.07, 6.45) is 0. The van der Waals surface area contributed by atoms with E-state index in [-0.39, 0.29) is 5.56 Å². The first-order chi connectivity index (χ1) is 8.16. The van der Waals surface area contributed by atoms with E-state index >= 15 is 0 Å². The van der Waals surface area contributed by atoms with Gasteiger partial charge in [0.1, 0.15) is 11.5 Å². The van der Waals surface area contributed by atoms with Gasteiger partial charge in [-0.15, -0.1) is 0 Å². The fourth-order valence-electron chi connectivity index (χ4n) is 1.52. The Kier molecular flexibility index (Phi) is 3.10. The quantitative estimate of drug-likeness (QED) is 0.874. The highest BCUT2D eigenvalue weighted by atomic mass is 16.5. The topological polar surface area (TPSA) is 46.5 Å². The summed E-state index contributed by atoms with van der Waals surface area (Å²) >= 11 is 0. The minimum absolute atomic E-state index is 0.262. The minimum Gasteiger partial charge on any atom is -0.478 e. The van der Waals surface area contributed by atoms with E-state index in [0.29, 0.717) is 11.5 Å². The molecular formula is C14H12O3. The zero-order valence-electron chi connectivity index (χ0n) is 9.38. The number of ether oxygens (including phenoxy) is 1. The standard InChI is InChI=1S/C14H12O3/c1-10-7-8-12(9-13(10)14(15)16)17-11-5-3-2-4-6-11/h2-9H,1H3,(H,15,16). The van der Waals surface area contributed by atoms with Crippen LogP contribution in [-0.2, 0) is 0 Å². The van der Waals surface area contributed by atoms with Crippen molar-refractivity contribution in [3.63, 3.8) is 0 Å². The average molecular weight is 228 g/mol. The molecule has 0 radical (unpaired) electrons. The highest BCUT2D eigenvalue weighted by Crippen LogP contribution is 2.23. The van der Waals surface area contributed by atoms with Crippen molar-refractivity contribution in [1.82, 2.24) is 0 Å². The van der Waals surface area contributed by atoms with Crippen LogP contribution >= 0.6 is 0 Å². The number of carboxylic acids is 1. The van der Waals surface area contributed by atoms with E-state index in [4.69, 9.17) is 9.84 Å². The summed E-state index contributed by atoms with van der Waals surface area (Å²) in [5.41, 5.74) is 0.983. The van der Waals surface area contributed by atoms with Crippen LogP contribution in [-0.4, -0.2) is 11.1 Å². The molecule has 0 fully saturated rings. The summed E-state index contributed by atoms with van der Waals surface area (Å²) in [6, 6.07) is 14.3. The van der Waals surface area contributed by atoms with Crippen molar-refractivity contribution in [3.05, 3.63) is 59.7 Å². The number of aryl methyl sites for hydroxylation is 1. The highest BCUT2D eigenvalue weighted by molar-refractivity contribution is 5.89. The fourth-order valence-corrected chi connectivity index (χ4v) is 1.52. The van der Waals surface area contributed by atoms with Crippen LogP contribution < -0.4 is 4.74 Å². The number of hydrogen-bond donors (Lipinski definition) is 1. The monoisotopic (exact) mass is 228 g/mol. The maximum absolute atomic E-state index is 11.0. The molecule has 3 nitrogen and oxygen atoms in total. The Morgan fingerprint density at radius 2 is 1.76 bits per heavy atom. The van der Waals surface area contributed by atoms with Crippen molar-refractivity contribution >= 4 is 5.97 Å². The Morgan fingerprint density at radius 1 is 1.06 bits per heavy atom. The molecule has 2 aromatic rings. The van der Waals surface area contributed by atoms with Crippen LogP contribution in [0.15, 0.2) is 48.5 Å². The zero-order chi connectivity index (χ0) is 12.3. The molecule has 2 rings (SSSR count). The Bertz CT molecular complexity index is 532. The average Bonchev–Trinajstić information content (AvgIpc) is 2.32. The molecule has 0 aliphatic carbocycles. The maximum Gasteiger partial charge on any atom is 0.336 e. The first-order valence-electron chi connectivity index (χ1n) is 5.23. The molecule has 2 aromatic carbocycles. The second kappa shape index (κ2) is 4.70. The van der Waals surface area contributed by atoms with Gasteiger partial charge < -0.3 is 9.84 Å². The SMILES string of the molecule is Cc1ccc(Oc2ccccc2)cc1C(=O)O. The van der Waals surface area contributed by atoms with Gasteiger partial charge in [-0.1, -0.05) is 24.3 Å². The molecule has 0 unspecified atom stereocenters. The summed E-state index contributed by atoms with van der Waals surface area (Å²) in [7, 11) is 0. The van der Waals surface area contributed by atoms with Gasteiger partial charge in [0.05, 0.1) is 5.56 Å². The molecule has 0 spiro atoms. The van der Waals surface area contributed by atoms with E-state index in [1.807, 2.05) is 30.3 Å². The van der Waals surface area contributed by atoms with Crippen LogP contribution in [0.3, 0.4) is 0 Å². The Hall–Kier alpha value is -2.29. The summed E-state index contributed by atoms with van der Waals surface area (Å²) in [4.78, 5) is 11.0. The molecule has 86 valence electrons. The second-order valence-corrected chi connectivity index (χ2v) is 3.70. The summed E-state index contributed by atoms with van der Waals surface area (Å²) in [5, 5.41) is 9.00. The van der Waals surface area contributed by atoms with Crippen molar-refractivity contribution in [2.24, 2.45) is 0 Å². The van der Waals surface area contributed by atoms with Crippen LogP contribution in [0.4, 0.5) is 0 Å². The van der Waals surface area contributed by atoms with Gasteiger partial charge in [-0.05, 0) is 36.8 Å². The van der Waals surface area contributed by atoms with Gasteiger partial charge in [0.2, 0.25) is 0 Å². The molecule has 0 aliphatic rings. The van der Waals surface area contributed by atoms with Crippen molar-refractivity contribution in [2.45, 2.75) is 6.92 Å². The number of carboxylic acid groups (broad SMARTS) is 1. The third-order valence-corrected chi connectivity index (χ3v) is 2.42. The first kappa shape index (κ1) is 11.2. The lowest BCUT2D eigenvalue weighted by molar-refractivity contribution is 0.0695. The molecule has 17 heavy (non-hydrogen) atoms. The van der Waals surface area contributed by atoms with Crippen LogP contribution in [0.2, 0.25) is 0 Å². The molecule has 0 aliphatic heterocycles. The van der Waals surface area contributed by atoms with Crippen molar-refractivity contribution in [1.29, 1.82) is 0 Å². The first-order valence-corrected chi connectivity index (χ1v) is 5.23. The zero-order valence-corrected chi connectivity index (χ0v) is 9.38. The van der Waals surface area contributed by atoms with Gasteiger partial charge in [0.15, 0.2) is 0 Å². The number of aromatic carboxylic acids is 1. The molecule has 0 atom stereocenters. The number of rotatable bonds is 3. The van der Waals surface area contributed by atoms with Gasteiger partial charge in [0.25, 0.3) is 0 Å². The Labute approximate surface area is 99.3 Å². The van der Waals surface area contributed by atoms with E-state index in [9.17, 15) is 4.79 Å². The molecular weight excluding hydrogens is 216 g/mol. The molecule has 0 saturated heterocycles. The smallest absolute Gasteiger partial charge is 0.336 e. The number of benzene rings is 2. The third-order valence-electron chi connectivity index (χ3n) is 2.42. The predicted octanol–water partition coefficient (Wildman–Crippen LogP) is 3.49. The minimum atomic E-state index is -0.944. The van der Waals surface area contributed by atoms with Gasteiger partial charge in [-0.2, -0.15) is 0 Å². The lowest BCUT2D eigenvalue weighted by Crippen LogP contribution is -1.99. The maximum atomic E-state index is 11.0. The number of para-hydroxylation sites is 1. The molecule has 3 heteroatoms. The van der Waals surface area contributed by atoms with Gasteiger partial charge >= 0.3 is 5.97 Å². The van der Waals surface area contributed by atoms with Gasteiger partial charge in [-0.3, -0.25) is 0 Å². The summed E-state index contributed by atoms with van der Waals surface area (Å²) in [5.74, 6) is 0.271. The Morgan fingerprint density at radius 3 is 2.41 bits per heavy atom. The fraction of sp³-hybridized carbons (Fsp3) is 0.0714. The second-order valence-electron chi connectivity index (χ2n) is 3.70. The van der Waals surface area contributed by atoms with E-state index < -0.39 is 5.97 Å². The van der Waals surface area contributed by atoms with Crippen LogP contribution in [0.5, 0.6) is 11.5 Å². The van der Waals surface area contributed by atoms with Crippen LogP contribution in [0.1, 0.15) is 15.9 Å². The Balaban J connectivity index is 2.29. The van der Waals surface area contributed by atoms with Gasteiger partial charge in [-0.25, -0.2) is 4.79 Å². The van der Waals surface area contributed by atoms with E-state index in [1.165, 1.54) is 6.07 Å². The molecule has 0 saturated carbocycles. The highest BCUT2D eigenvalue weighted by Gasteiger charge is 2.08.